The molecule has 0 aromatic heterocycles. The molecule has 80 valence electrons. The van der Waals surface area contributed by atoms with Crippen LogP contribution in [0, 0.1) is 0 Å². The number of nitrogens with zero attached hydrogens (tertiary/aromatic N) is 2. The summed E-state index contributed by atoms with van der Waals surface area (Å²) in [4.78, 5) is 23.7. The average molecular weight is 209 g/mol. The fourth-order valence-electron chi connectivity index (χ4n) is 1.18. The molecule has 4 nitrogen and oxygen atoms in total. The van der Waals surface area contributed by atoms with Gasteiger partial charge in [0.15, 0.2) is 0 Å². The summed E-state index contributed by atoms with van der Waals surface area (Å²) in [5.74, 6) is -1.13. The van der Waals surface area contributed by atoms with Crippen LogP contribution >= 0.6 is 0 Å². The highest BCUT2D eigenvalue weighted by molar-refractivity contribution is 6.58. The first-order chi connectivity index (χ1) is 6.29. The Hall–Kier alpha value is -1.21. The third-order valence-corrected chi connectivity index (χ3v) is 1.90. The van der Waals surface area contributed by atoms with E-state index < -0.39 is 31.8 Å². The van der Waals surface area contributed by atoms with Gasteiger partial charge >= 0.3 is 6.98 Å². The number of piperazine rings is 1. The lowest BCUT2D eigenvalue weighted by atomic mass is 9.91. The van der Waals surface area contributed by atoms with Crippen molar-refractivity contribution in [3.63, 3.8) is 0 Å². The lowest BCUT2D eigenvalue weighted by Crippen LogP contribution is -2.55. The van der Waals surface area contributed by atoms with Gasteiger partial charge in [0.25, 0.3) is 0 Å². The van der Waals surface area contributed by atoms with Gasteiger partial charge in [-0.05, 0) is 6.44 Å². The number of carbonyl (C=O) groups excluding carboxylic acids is 2. The van der Waals surface area contributed by atoms with E-state index in [1.807, 2.05) is 0 Å². The van der Waals surface area contributed by atoms with Gasteiger partial charge in [0.2, 0.25) is 11.8 Å². The standard InChI is InChI=1S/C6H9BF3N2O2/c1-11-2-6(14)12(3-5(11)13)4-7(8,9)10/h2-4H2,1H3/q-1. The van der Waals surface area contributed by atoms with E-state index in [0.717, 1.165) is 4.90 Å². The van der Waals surface area contributed by atoms with E-state index in [0.29, 0.717) is 4.90 Å². The molecule has 0 unspecified atom stereocenters. The molecule has 0 N–H and O–H groups in total. The molecular formula is C6H9BF3N2O2-. The molecule has 14 heavy (non-hydrogen) atoms. The number of hydrogen-bond donors (Lipinski definition) is 0. The minimum atomic E-state index is -5.06. The Kier molecular flexibility index (Phi) is 2.72. The zero-order valence-corrected chi connectivity index (χ0v) is 7.54. The van der Waals surface area contributed by atoms with Crippen LogP contribution in [0.15, 0.2) is 0 Å². The smallest absolute Gasteiger partial charge is 0.448 e. The van der Waals surface area contributed by atoms with Crippen molar-refractivity contribution in [1.29, 1.82) is 0 Å². The van der Waals surface area contributed by atoms with Crippen molar-refractivity contribution in [2.75, 3.05) is 26.6 Å². The fraction of sp³-hybridized carbons (Fsp3) is 0.667. The molecule has 0 aromatic carbocycles. The van der Waals surface area contributed by atoms with Gasteiger partial charge in [-0.25, -0.2) is 0 Å². The SMILES string of the molecule is CN1CC(=O)N(C[B-](F)(F)F)CC1=O. The molecule has 1 aliphatic rings. The van der Waals surface area contributed by atoms with Crippen LogP contribution in [-0.2, 0) is 9.59 Å². The van der Waals surface area contributed by atoms with Crippen molar-refractivity contribution in [2.24, 2.45) is 0 Å². The van der Waals surface area contributed by atoms with Gasteiger partial charge in [-0.1, -0.05) is 0 Å². The minimum absolute atomic E-state index is 0.273. The Labute approximate surface area is 78.7 Å². The van der Waals surface area contributed by atoms with E-state index in [2.05, 4.69) is 0 Å². The summed E-state index contributed by atoms with van der Waals surface area (Å²) in [6.45, 7) is -5.81. The first-order valence-electron chi connectivity index (χ1n) is 4.02. The fourth-order valence-corrected chi connectivity index (χ4v) is 1.18. The molecule has 8 heteroatoms. The summed E-state index contributed by atoms with van der Waals surface area (Å²) in [6, 6.07) is 0. The second-order valence-corrected chi connectivity index (χ2v) is 3.23. The van der Waals surface area contributed by atoms with Crippen LogP contribution in [0.5, 0.6) is 0 Å². The van der Waals surface area contributed by atoms with Crippen LogP contribution < -0.4 is 0 Å². The number of rotatable bonds is 2. The maximum Gasteiger partial charge on any atom is 0.497 e. The molecule has 0 aliphatic carbocycles. The second kappa shape index (κ2) is 3.51. The van der Waals surface area contributed by atoms with Crippen LogP contribution in [-0.4, -0.2) is 55.2 Å². The number of likely N-dealkylation sites (N-methyl/N-ethyl adjacent to an activating group) is 1. The maximum atomic E-state index is 12.0. The Morgan fingerprint density at radius 2 is 1.79 bits per heavy atom. The van der Waals surface area contributed by atoms with Crippen molar-refractivity contribution in [2.45, 2.75) is 0 Å². The van der Waals surface area contributed by atoms with Crippen LogP contribution in [0.2, 0.25) is 0 Å². The summed E-state index contributed by atoms with van der Waals surface area (Å²) in [5, 5.41) is 0. The molecule has 0 spiro atoms. The lowest BCUT2D eigenvalue weighted by Gasteiger charge is -2.34. The van der Waals surface area contributed by atoms with Crippen LogP contribution in [0.1, 0.15) is 0 Å². The van der Waals surface area contributed by atoms with Gasteiger partial charge < -0.3 is 22.7 Å². The largest absolute Gasteiger partial charge is 0.497 e. The van der Waals surface area contributed by atoms with E-state index in [1.165, 1.54) is 7.05 Å². The Bertz CT molecular complexity index is 268. The summed E-state index contributed by atoms with van der Waals surface area (Å²) < 4.78 is 35.9. The summed E-state index contributed by atoms with van der Waals surface area (Å²) >= 11 is 0. The van der Waals surface area contributed by atoms with Crippen LogP contribution in [0.4, 0.5) is 12.9 Å². The molecule has 0 radical (unpaired) electrons. The molecule has 0 aromatic rings. The Balaban J connectivity index is 2.63. The normalized spacial score (nSPS) is 19.1. The molecule has 1 aliphatic heterocycles. The second-order valence-electron chi connectivity index (χ2n) is 3.23. The van der Waals surface area contributed by atoms with Gasteiger partial charge in [-0.15, -0.1) is 0 Å². The molecule has 0 saturated carbocycles. The van der Waals surface area contributed by atoms with Crippen molar-refractivity contribution in [1.82, 2.24) is 9.80 Å². The van der Waals surface area contributed by atoms with Gasteiger partial charge in [0, 0.05) is 7.05 Å². The number of amides is 2. The Morgan fingerprint density at radius 1 is 1.21 bits per heavy atom. The molecule has 1 rings (SSSR count). The van der Waals surface area contributed by atoms with E-state index in [-0.39, 0.29) is 6.54 Å². The molecule has 1 fully saturated rings. The van der Waals surface area contributed by atoms with Crippen LogP contribution in [0.25, 0.3) is 0 Å². The van der Waals surface area contributed by atoms with Crippen molar-refractivity contribution >= 4 is 18.8 Å². The van der Waals surface area contributed by atoms with Gasteiger partial charge in [-0.3, -0.25) is 9.59 Å². The highest BCUT2D eigenvalue weighted by atomic mass is 19.4. The lowest BCUT2D eigenvalue weighted by molar-refractivity contribution is -0.148. The molecule has 1 heterocycles. The van der Waals surface area contributed by atoms with Crippen molar-refractivity contribution in [3.8, 4) is 0 Å². The van der Waals surface area contributed by atoms with Crippen molar-refractivity contribution in [3.05, 3.63) is 0 Å². The van der Waals surface area contributed by atoms with Gasteiger partial charge in [-0.2, -0.15) is 0 Å². The topological polar surface area (TPSA) is 40.6 Å². The quantitative estimate of drug-likeness (QED) is 0.584. The van der Waals surface area contributed by atoms with Crippen LogP contribution in [0.3, 0.4) is 0 Å². The minimum Gasteiger partial charge on any atom is -0.448 e. The molecular weight excluding hydrogens is 200 g/mol. The maximum absolute atomic E-state index is 12.0. The number of halogens is 3. The van der Waals surface area contributed by atoms with Crippen molar-refractivity contribution < 1.29 is 22.5 Å². The first kappa shape index (κ1) is 10.9. The summed E-state index contributed by atoms with van der Waals surface area (Å²) in [6.07, 6.45) is -1.29. The third-order valence-electron chi connectivity index (χ3n) is 1.90. The first-order valence-corrected chi connectivity index (χ1v) is 4.02. The number of carbonyl (C=O) groups is 2. The van der Waals surface area contributed by atoms with Gasteiger partial charge in [0.1, 0.15) is 0 Å². The van der Waals surface area contributed by atoms with E-state index >= 15 is 0 Å². The van der Waals surface area contributed by atoms with E-state index in [4.69, 9.17) is 0 Å². The molecule has 0 atom stereocenters. The monoisotopic (exact) mass is 209 g/mol. The van der Waals surface area contributed by atoms with E-state index in [1.54, 1.807) is 0 Å². The van der Waals surface area contributed by atoms with Gasteiger partial charge in [0.05, 0.1) is 13.1 Å². The highest BCUT2D eigenvalue weighted by Crippen LogP contribution is 2.13. The zero-order chi connectivity index (χ0) is 10.9. The predicted octanol–water partition coefficient (Wildman–Crippen LogP) is -0.326. The molecule has 0 bridgehead atoms. The Morgan fingerprint density at radius 3 is 2.29 bits per heavy atom. The van der Waals surface area contributed by atoms with E-state index in [9.17, 15) is 22.5 Å². The highest BCUT2D eigenvalue weighted by Gasteiger charge is 2.33. The summed E-state index contributed by atoms with van der Waals surface area (Å²) in [5.41, 5.74) is 0. The molecule has 2 amide bonds. The zero-order valence-electron chi connectivity index (χ0n) is 7.54. The summed E-state index contributed by atoms with van der Waals surface area (Å²) in [7, 11) is 1.39. The third kappa shape index (κ3) is 2.64. The number of hydrogen-bond acceptors (Lipinski definition) is 2. The average Bonchev–Trinajstić information content (AvgIpc) is 1.97. The molecule has 1 saturated heterocycles. The predicted molar refractivity (Wildman–Crippen MR) is 43.3 cm³/mol.